The Balaban J connectivity index is 0.000000673. The number of carbonyl (C=O) groups is 1. The largest absolute Gasteiger partial charge is 0.497 e. The van der Waals surface area contributed by atoms with Gasteiger partial charge in [-0.2, -0.15) is 0 Å². The summed E-state index contributed by atoms with van der Waals surface area (Å²) in [4.78, 5) is 18.0. The minimum absolute atomic E-state index is 0.0772. The Morgan fingerprint density at radius 2 is 1.74 bits per heavy atom. The van der Waals surface area contributed by atoms with E-state index < -0.39 is 0 Å². The van der Waals surface area contributed by atoms with Crippen molar-refractivity contribution in [2.75, 3.05) is 20.2 Å². The molecule has 0 bridgehead atoms. The number of hydrogen-bond acceptors (Lipinski definition) is 4. The number of methoxy groups -OCH3 is 1. The van der Waals surface area contributed by atoms with Crippen LogP contribution in [0, 0.1) is 13.8 Å². The lowest BCUT2D eigenvalue weighted by Crippen LogP contribution is -2.35. The molecule has 2 fully saturated rings. The molecule has 0 spiro atoms. The fourth-order valence-corrected chi connectivity index (χ4v) is 4.68. The maximum atomic E-state index is 13.3. The van der Waals surface area contributed by atoms with Crippen LogP contribution in [0.1, 0.15) is 57.4 Å². The van der Waals surface area contributed by atoms with Crippen LogP contribution in [0.3, 0.4) is 0 Å². The van der Waals surface area contributed by atoms with E-state index in [0.717, 1.165) is 46.0 Å². The summed E-state index contributed by atoms with van der Waals surface area (Å²) < 4.78 is 5.34. The highest BCUT2D eigenvalue weighted by molar-refractivity contribution is 5.97. The van der Waals surface area contributed by atoms with Crippen molar-refractivity contribution >= 4 is 29.0 Å². The number of pyridine rings is 1. The average Bonchev–Trinajstić information content (AvgIpc) is 3.66. The van der Waals surface area contributed by atoms with E-state index in [1.54, 1.807) is 13.2 Å². The van der Waals surface area contributed by atoms with Crippen LogP contribution in [-0.4, -0.2) is 31.1 Å². The van der Waals surface area contributed by atoms with E-state index in [4.69, 9.17) is 4.74 Å². The van der Waals surface area contributed by atoms with Gasteiger partial charge < -0.3 is 15.4 Å². The van der Waals surface area contributed by atoms with Crippen molar-refractivity contribution in [3.63, 3.8) is 0 Å². The number of hydrogen-bond donors (Lipinski definition) is 2. The molecule has 1 amide bonds. The first-order chi connectivity index (χ1) is 18.5. The standard InChI is InChI=1S/C30H28N2O2.C3H7N/c1-20-6-4-7-22(16-20)10-11-23-17-27(25-8-5-15-31-28(25)18-23)30(13-14-30)32-29(33)26-19-24(34-3)12-9-21(26)2;1-2-4-3-1/h4-12,15-19H,13-14H2,1-3H3,(H,32,33);4H,1-3H2/b11-10+;. The monoisotopic (exact) mass is 505 g/mol. The van der Waals surface area contributed by atoms with E-state index >= 15 is 0 Å². The summed E-state index contributed by atoms with van der Waals surface area (Å²) in [6, 6.07) is 22.4. The molecule has 2 aliphatic rings. The molecule has 4 aromatic rings. The fourth-order valence-electron chi connectivity index (χ4n) is 4.68. The van der Waals surface area contributed by atoms with Crippen LogP contribution in [0.25, 0.3) is 23.1 Å². The first kappa shape index (κ1) is 25.7. The predicted molar refractivity (Wildman–Crippen MR) is 155 cm³/mol. The van der Waals surface area contributed by atoms with Gasteiger partial charge in [0.2, 0.25) is 0 Å². The van der Waals surface area contributed by atoms with E-state index in [1.165, 1.54) is 25.1 Å². The molecule has 38 heavy (non-hydrogen) atoms. The maximum Gasteiger partial charge on any atom is 0.252 e. The molecule has 5 nitrogen and oxygen atoms in total. The lowest BCUT2D eigenvalue weighted by molar-refractivity contribution is 0.0930. The Morgan fingerprint density at radius 1 is 0.974 bits per heavy atom. The summed E-state index contributed by atoms with van der Waals surface area (Å²) >= 11 is 0. The van der Waals surface area contributed by atoms with Crippen LogP contribution in [0.15, 0.2) is 72.9 Å². The van der Waals surface area contributed by atoms with E-state index in [-0.39, 0.29) is 11.4 Å². The Labute approximate surface area is 225 Å². The van der Waals surface area contributed by atoms with Gasteiger partial charge in [-0.3, -0.25) is 9.78 Å². The highest BCUT2D eigenvalue weighted by Crippen LogP contribution is 2.48. The summed E-state index contributed by atoms with van der Waals surface area (Å²) in [7, 11) is 1.61. The summed E-state index contributed by atoms with van der Waals surface area (Å²) in [6.07, 6.45) is 9.25. The van der Waals surface area contributed by atoms with Crippen molar-refractivity contribution in [1.29, 1.82) is 0 Å². The van der Waals surface area contributed by atoms with E-state index in [2.05, 4.69) is 77.2 Å². The first-order valence-corrected chi connectivity index (χ1v) is 13.3. The molecular weight excluding hydrogens is 470 g/mol. The smallest absolute Gasteiger partial charge is 0.252 e. The number of amides is 1. The zero-order chi connectivity index (χ0) is 26.5. The van der Waals surface area contributed by atoms with Crippen LogP contribution < -0.4 is 15.4 Å². The van der Waals surface area contributed by atoms with Crippen LogP contribution in [0.4, 0.5) is 0 Å². The zero-order valence-corrected chi connectivity index (χ0v) is 22.4. The normalized spacial score (nSPS) is 15.3. The molecule has 5 heteroatoms. The summed E-state index contributed by atoms with van der Waals surface area (Å²) in [5, 5.41) is 7.54. The third-order valence-corrected chi connectivity index (χ3v) is 7.27. The second-order valence-electron chi connectivity index (χ2n) is 10.2. The molecule has 0 unspecified atom stereocenters. The number of nitrogens with one attached hydrogen (secondary N) is 2. The third-order valence-electron chi connectivity index (χ3n) is 7.27. The predicted octanol–water partition coefficient (Wildman–Crippen LogP) is 6.43. The highest BCUT2D eigenvalue weighted by atomic mass is 16.5. The van der Waals surface area contributed by atoms with Crippen LogP contribution in [0.2, 0.25) is 0 Å². The average molecular weight is 506 g/mol. The summed E-state index contributed by atoms with van der Waals surface area (Å²) in [5.41, 5.74) is 6.69. The molecule has 194 valence electrons. The molecular formula is C33H35N3O2. The van der Waals surface area contributed by atoms with Crippen LogP contribution in [0.5, 0.6) is 5.75 Å². The van der Waals surface area contributed by atoms with Crippen molar-refractivity contribution in [1.82, 2.24) is 15.6 Å². The number of fused-ring (bicyclic) bond motifs is 1. The van der Waals surface area contributed by atoms with Gasteiger partial charge in [0.05, 0.1) is 18.2 Å². The molecule has 1 aliphatic heterocycles. The summed E-state index contributed by atoms with van der Waals surface area (Å²) in [5.74, 6) is 0.602. The van der Waals surface area contributed by atoms with Crippen LogP contribution >= 0.6 is 0 Å². The number of rotatable bonds is 6. The zero-order valence-electron chi connectivity index (χ0n) is 22.4. The number of benzene rings is 3. The molecule has 2 N–H and O–H groups in total. The Hall–Kier alpha value is -3.96. The molecule has 2 heterocycles. The van der Waals surface area contributed by atoms with Gasteiger partial charge in [0, 0.05) is 17.1 Å². The van der Waals surface area contributed by atoms with Crippen molar-refractivity contribution in [2.24, 2.45) is 0 Å². The minimum atomic E-state index is -0.388. The molecule has 1 saturated heterocycles. The van der Waals surface area contributed by atoms with E-state index in [1.807, 2.05) is 31.3 Å². The van der Waals surface area contributed by atoms with Gasteiger partial charge in [0.15, 0.2) is 0 Å². The second kappa shape index (κ2) is 11.2. The van der Waals surface area contributed by atoms with Gasteiger partial charge in [0.25, 0.3) is 5.91 Å². The molecule has 6 rings (SSSR count). The Bertz CT molecular complexity index is 1480. The third kappa shape index (κ3) is 5.79. The van der Waals surface area contributed by atoms with Gasteiger partial charge in [-0.15, -0.1) is 0 Å². The van der Waals surface area contributed by atoms with Gasteiger partial charge >= 0.3 is 0 Å². The SMILES string of the molecule is C1CNC1.COc1ccc(C)c(C(=O)NC2(c3cc(/C=C/c4cccc(C)c4)cc4ncccc34)CC2)c1. The fraction of sp³-hybridized carbons (Fsp3) is 0.273. The van der Waals surface area contributed by atoms with Crippen molar-refractivity contribution in [2.45, 2.75) is 38.6 Å². The van der Waals surface area contributed by atoms with Crippen LogP contribution in [-0.2, 0) is 5.54 Å². The molecule has 0 radical (unpaired) electrons. The number of aromatic nitrogens is 1. The quantitative estimate of drug-likeness (QED) is 0.297. The van der Waals surface area contributed by atoms with E-state index in [9.17, 15) is 4.79 Å². The maximum absolute atomic E-state index is 13.3. The van der Waals surface area contributed by atoms with Gasteiger partial charge in [-0.25, -0.2) is 0 Å². The van der Waals surface area contributed by atoms with Crippen molar-refractivity contribution in [3.05, 3.63) is 106 Å². The van der Waals surface area contributed by atoms with Crippen molar-refractivity contribution in [3.8, 4) is 5.75 Å². The number of carbonyl (C=O) groups excluding carboxylic acids is 1. The highest BCUT2D eigenvalue weighted by Gasteiger charge is 2.47. The second-order valence-corrected chi connectivity index (χ2v) is 10.2. The Kier molecular flexibility index (Phi) is 7.57. The molecule has 1 aliphatic carbocycles. The lowest BCUT2D eigenvalue weighted by Gasteiger charge is -2.21. The molecule has 0 atom stereocenters. The summed E-state index contributed by atoms with van der Waals surface area (Å²) in [6.45, 7) is 6.54. The number of nitrogens with zero attached hydrogens (tertiary/aromatic N) is 1. The topological polar surface area (TPSA) is 63.2 Å². The number of ether oxygens (including phenoxy) is 1. The van der Waals surface area contributed by atoms with Gasteiger partial charge in [0.1, 0.15) is 5.75 Å². The molecule has 3 aromatic carbocycles. The Morgan fingerprint density at radius 3 is 2.42 bits per heavy atom. The minimum Gasteiger partial charge on any atom is -0.497 e. The first-order valence-electron chi connectivity index (χ1n) is 13.3. The van der Waals surface area contributed by atoms with E-state index in [0.29, 0.717) is 11.3 Å². The lowest BCUT2D eigenvalue weighted by atomic mass is 9.95. The van der Waals surface area contributed by atoms with Crippen molar-refractivity contribution < 1.29 is 9.53 Å². The number of aryl methyl sites for hydroxylation is 2. The van der Waals surface area contributed by atoms with Gasteiger partial charge in [-0.1, -0.05) is 54.1 Å². The van der Waals surface area contributed by atoms with Gasteiger partial charge in [-0.05, 0) is 98.8 Å². The molecule has 1 saturated carbocycles. The molecule has 1 aromatic heterocycles.